The van der Waals surface area contributed by atoms with Crippen molar-refractivity contribution in [1.29, 1.82) is 0 Å². The number of Topliss-reactive ketones (excluding diaryl/α,β-unsaturated/α-hetero) is 1. The van der Waals surface area contributed by atoms with Gasteiger partial charge in [0, 0.05) is 16.9 Å². The van der Waals surface area contributed by atoms with E-state index in [1.54, 1.807) is 19.3 Å². The van der Waals surface area contributed by atoms with Crippen LogP contribution in [-0.2, 0) is 5.75 Å². The van der Waals surface area contributed by atoms with Crippen LogP contribution in [0.4, 0.5) is 0 Å². The number of oxazole rings is 1. The standard InChI is InChI=1S/C15H17NO3S/c1-4-18-14-6-5-12(11(3)17)7-13(14)9-20-15-16-10(2)8-19-15/h5-8H,4,9H2,1-3H3. The third-order valence-electron chi connectivity index (χ3n) is 2.72. The lowest BCUT2D eigenvalue weighted by atomic mass is 10.1. The molecule has 5 heteroatoms. The van der Waals surface area contributed by atoms with Gasteiger partial charge in [0.1, 0.15) is 12.0 Å². The number of carbonyl (C=O) groups is 1. The van der Waals surface area contributed by atoms with Crippen LogP contribution in [0.1, 0.15) is 35.5 Å². The third kappa shape index (κ3) is 3.63. The number of hydrogen-bond donors (Lipinski definition) is 0. The summed E-state index contributed by atoms with van der Waals surface area (Å²) in [5, 5.41) is 0.623. The van der Waals surface area contributed by atoms with Crippen molar-refractivity contribution in [3.05, 3.63) is 41.3 Å². The van der Waals surface area contributed by atoms with E-state index in [1.807, 2.05) is 26.0 Å². The van der Waals surface area contributed by atoms with Gasteiger partial charge in [0.15, 0.2) is 5.78 Å². The predicted molar refractivity (Wildman–Crippen MR) is 78.4 cm³/mol. The highest BCUT2D eigenvalue weighted by Gasteiger charge is 2.10. The number of thioether (sulfide) groups is 1. The van der Waals surface area contributed by atoms with E-state index in [4.69, 9.17) is 9.15 Å². The fourth-order valence-electron chi connectivity index (χ4n) is 1.75. The summed E-state index contributed by atoms with van der Waals surface area (Å²) >= 11 is 1.49. The number of ketones is 1. The first-order chi connectivity index (χ1) is 9.60. The fraction of sp³-hybridized carbons (Fsp3) is 0.333. The molecule has 0 spiro atoms. The number of hydrogen-bond acceptors (Lipinski definition) is 5. The van der Waals surface area contributed by atoms with Gasteiger partial charge in [-0.25, -0.2) is 4.98 Å². The smallest absolute Gasteiger partial charge is 0.256 e. The summed E-state index contributed by atoms with van der Waals surface area (Å²) in [4.78, 5) is 15.7. The molecule has 0 aliphatic heterocycles. The van der Waals surface area contributed by atoms with Gasteiger partial charge in [-0.05, 0) is 39.0 Å². The van der Waals surface area contributed by atoms with Gasteiger partial charge in [0.25, 0.3) is 5.22 Å². The monoisotopic (exact) mass is 291 g/mol. The Bertz CT molecular complexity index is 607. The van der Waals surface area contributed by atoms with Crippen LogP contribution in [0, 0.1) is 6.92 Å². The first-order valence-corrected chi connectivity index (χ1v) is 7.40. The van der Waals surface area contributed by atoms with Gasteiger partial charge in [-0.3, -0.25) is 4.79 Å². The highest BCUT2D eigenvalue weighted by molar-refractivity contribution is 7.98. The van der Waals surface area contributed by atoms with Crippen LogP contribution in [0.15, 0.2) is 34.1 Å². The van der Waals surface area contributed by atoms with Crippen molar-refractivity contribution in [2.75, 3.05) is 6.61 Å². The van der Waals surface area contributed by atoms with Crippen molar-refractivity contribution in [3.63, 3.8) is 0 Å². The molecular weight excluding hydrogens is 274 g/mol. The molecule has 106 valence electrons. The van der Waals surface area contributed by atoms with Crippen LogP contribution in [0.2, 0.25) is 0 Å². The Morgan fingerprint density at radius 2 is 2.25 bits per heavy atom. The van der Waals surface area contributed by atoms with Crippen LogP contribution in [0.3, 0.4) is 0 Å². The molecule has 0 fully saturated rings. The van der Waals surface area contributed by atoms with Crippen LogP contribution in [0.25, 0.3) is 0 Å². The summed E-state index contributed by atoms with van der Waals surface area (Å²) in [5.74, 6) is 1.50. The summed E-state index contributed by atoms with van der Waals surface area (Å²) in [6.07, 6.45) is 1.62. The average Bonchev–Trinajstić information content (AvgIpc) is 2.83. The average molecular weight is 291 g/mol. The molecule has 0 bridgehead atoms. The van der Waals surface area contributed by atoms with E-state index in [1.165, 1.54) is 11.8 Å². The van der Waals surface area contributed by atoms with Crippen molar-refractivity contribution in [2.45, 2.75) is 31.7 Å². The maximum atomic E-state index is 11.5. The molecule has 0 unspecified atom stereocenters. The molecule has 0 radical (unpaired) electrons. The fourth-order valence-corrected chi connectivity index (χ4v) is 2.57. The minimum absolute atomic E-state index is 0.0475. The van der Waals surface area contributed by atoms with Crippen LogP contribution < -0.4 is 4.74 Å². The predicted octanol–water partition coefficient (Wildman–Crippen LogP) is 3.88. The second-order valence-corrected chi connectivity index (χ2v) is 5.28. The molecule has 1 aromatic carbocycles. The second kappa shape index (κ2) is 6.61. The lowest BCUT2D eigenvalue weighted by Gasteiger charge is -2.10. The van der Waals surface area contributed by atoms with E-state index >= 15 is 0 Å². The van der Waals surface area contributed by atoms with Crippen LogP contribution in [-0.4, -0.2) is 17.4 Å². The lowest BCUT2D eigenvalue weighted by Crippen LogP contribution is -1.99. The molecule has 4 nitrogen and oxygen atoms in total. The Morgan fingerprint density at radius 3 is 2.85 bits per heavy atom. The normalized spacial score (nSPS) is 10.6. The minimum atomic E-state index is 0.0475. The summed E-state index contributed by atoms with van der Waals surface area (Å²) < 4.78 is 10.9. The Labute approximate surface area is 122 Å². The maximum absolute atomic E-state index is 11.5. The number of nitrogens with zero attached hydrogens (tertiary/aromatic N) is 1. The zero-order valence-electron chi connectivity index (χ0n) is 11.8. The Morgan fingerprint density at radius 1 is 1.45 bits per heavy atom. The number of aryl methyl sites for hydroxylation is 1. The Balaban J connectivity index is 2.18. The number of benzene rings is 1. The molecule has 2 aromatic rings. The van der Waals surface area contributed by atoms with Gasteiger partial charge in [0.05, 0.1) is 12.3 Å². The largest absolute Gasteiger partial charge is 0.494 e. The molecular formula is C15H17NO3S. The van der Waals surface area contributed by atoms with Gasteiger partial charge in [-0.1, -0.05) is 11.8 Å². The molecule has 1 heterocycles. The van der Waals surface area contributed by atoms with E-state index in [2.05, 4.69) is 4.98 Å². The molecule has 0 saturated heterocycles. The zero-order valence-corrected chi connectivity index (χ0v) is 12.6. The first kappa shape index (κ1) is 14.7. The summed E-state index contributed by atoms with van der Waals surface area (Å²) in [6, 6.07) is 5.50. The lowest BCUT2D eigenvalue weighted by molar-refractivity contribution is 0.101. The number of aromatic nitrogens is 1. The van der Waals surface area contributed by atoms with Gasteiger partial charge in [-0.15, -0.1) is 0 Å². The van der Waals surface area contributed by atoms with Crippen molar-refractivity contribution in [1.82, 2.24) is 4.98 Å². The van der Waals surface area contributed by atoms with Crippen LogP contribution >= 0.6 is 11.8 Å². The van der Waals surface area contributed by atoms with Crippen molar-refractivity contribution in [3.8, 4) is 5.75 Å². The van der Waals surface area contributed by atoms with E-state index in [-0.39, 0.29) is 5.78 Å². The second-order valence-electron chi connectivity index (χ2n) is 4.36. The summed E-state index contributed by atoms with van der Waals surface area (Å²) in [7, 11) is 0. The summed E-state index contributed by atoms with van der Waals surface area (Å²) in [5.41, 5.74) is 2.52. The molecule has 0 aliphatic rings. The maximum Gasteiger partial charge on any atom is 0.256 e. The van der Waals surface area contributed by atoms with Gasteiger partial charge in [-0.2, -0.15) is 0 Å². The molecule has 20 heavy (non-hydrogen) atoms. The van der Waals surface area contributed by atoms with Gasteiger partial charge in [0.2, 0.25) is 0 Å². The van der Waals surface area contributed by atoms with Gasteiger partial charge >= 0.3 is 0 Å². The van der Waals surface area contributed by atoms with E-state index in [9.17, 15) is 4.79 Å². The minimum Gasteiger partial charge on any atom is -0.494 e. The molecule has 0 N–H and O–H groups in total. The van der Waals surface area contributed by atoms with Crippen molar-refractivity contribution in [2.24, 2.45) is 0 Å². The molecule has 0 aliphatic carbocycles. The van der Waals surface area contributed by atoms with Crippen molar-refractivity contribution < 1.29 is 13.9 Å². The van der Waals surface area contributed by atoms with Crippen molar-refractivity contribution >= 4 is 17.5 Å². The first-order valence-electron chi connectivity index (χ1n) is 6.41. The topological polar surface area (TPSA) is 52.3 Å². The third-order valence-corrected chi connectivity index (χ3v) is 3.61. The SMILES string of the molecule is CCOc1ccc(C(C)=O)cc1CSc1nc(C)co1. The quantitative estimate of drug-likeness (QED) is 0.597. The Hall–Kier alpha value is -1.75. The molecule has 2 rings (SSSR count). The van der Waals surface area contributed by atoms with Crippen LogP contribution in [0.5, 0.6) is 5.75 Å². The molecule has 0 saturated carbocycles. The highest BCUT2D eigenvalue weighted by Crippen LogP contribution is 2.28. The Kier molecular flexibility index (Phi) is 4.84. The van der Waals surface area contributed by atoms with Gasteiger partial charge < -0.3 is 9.15 Å². The number of ether oxygens (including phenoxy) is 1. The molecule has 0 amide bonds. The molecule has 1 aromatic heterocycles. The summed E-state index contributed by atoms with van der Waals surface area (Å²) in [6.45, 7) is 5.97. The number of rotatable bonds is 6. The van der Waals surface area contributed by atoms with E-state index in [0.717, 1.165) is 17.0 Å². The van der Waals surface area contributed by atoms with E-state index < -0.39 is 0 Å². The number of carbonyl (C=O) groups excluding carboxylic acids is 1. The zero-order chi connectivity index (χ0) is 14.5. The van der Waals surface area contributed by atoms with E-state index in [0.29, 0.717) is 23.1 Å². The molecule has 0 atom stereocenters. The highest BCUT2D eigenvalue weighted by atomic mass is 32.2.